The van der Waals surface area contributed by atoms with Crippen molar-refractivity contribution in [1.82, 2.24) is 10.2 Å². The Kier molecular flexibility index (Phi) is 5.22. The molecule has 1 atom stereocenters. The van der Waals surface area contributed by atoms with E-state index in [1.807, 2.05) is 7.11 Å². The molecule has 1 saturated heterocycles. The number of methoxy groups -OCH3 is 1. The molecule has 0 aliphatic carbocycles. The highest BCUT2D eigenvalue weighted by molar-refractivity contribution is 4.82. The van der Waals surface area contributed by atoms with Crippen LogP contribution in [-0.2, 0) is 4.74 Å². The number of likely N-dealkylation sites (tertiary alicyclic amines) is 1. The zero-order valence-corrected chi connectivity index (χ0v) is 11.5. The first-order valence-corrected chi connectivity index (χ1v) is 6.41. The van der Waals surface area contributed by atoms with Crippen LogP contribution in [-0.4, -0.2) is 50.3 Å². The molecule has 96 valence electrons. The van der Waals surface area contributed by atoms with Gasteiger partial charge in [-0.05, 0) is 11.8 Å². The Morgan fingerprint density at radius 1 is 1.44 bits per heavy atom. The quantitative estimate of drug-likeness (QED) is 0.749. The Bertz CT molecular complexity index is 204. The fourth-order valence-corrected chi connectivity index (χ4v) is 2.27. The van der Waals surface area contributed by atoms with Crippen LogP contribution < -0.4 is 5.32 Å². The van der Waals surface area contributed by atoms with Crippen molar-refractivity contribution in [2.45, 2.75) is 46.3 Å². The van der Waals surface area contributed by atoms with Gasteiger partial charge in [0.15, 0.2) is 0 Å². The lowest BCUT2D eigenvalue weighted by Crippen LogP contribution is -2.41. The van der Waals surface area contributed by atoms with Crippen molar-refractivity contribution in [2.24, 2.45) is 5.41 Å². The normalized spacial score (nSPS) is 23.2. The molecule has 3 heteroatoms. The van der Waals surface area contributed by atoms with E-state index in [1.54, 1.807) is 0 Å². The second-order valence-electron chi connectivity index (χ2n) is 6.08. The van der Waals surface area contributed by atoms with Crippen LogP contribution >= 0.6 is 0 Å². The largest absolute Gasteiger partial charge is 0.380 e. The molecular formula is C13H28N2O. The van der Waals surface area contributed by atoms with Crippen LogP contribution in [0.4, 0.5) is 0 Å². The van der Waals surface area contributed by atoms with Crippen molar-refractivity contribution in [1.29, 1.82) is 0 Å². The van der Waals surface area contributed by atoms with Gasteiger partial charge in [0.25, 0.3) is 0 Å². The highest BCUT2D eigenvalue weighted by Gasteiger charge is 2.27. The van der Waals surface area contributed by atoms with E-state index in [2.05, 4.69) is 37.9 Å². The maximum Gasteiger partial charge on any atom is 0.0710 e. The standard InChI is InChI=1S/C13H28N2O/c1-11(2)14-9-13(3,4)10-15-7-6-12(8-15)16-5/h11-12,14H,6-10H2,1-5H3. The molecule has 0 aromatic heterocycles. The Balaban J connectivity index is 2.29. The zero-order valence-electron chi connectivity index (χ0n) is 11.5. The fraction of sp³-hybridized carbons (Fsp3) is 1.00. The lowest BCUT2D eigenvalue weighted by atomic mass is 9.92. The maximum absolute atomic E-state index is 5.40. The predicted octanol–water partition coefficient (Wildman–Crippen LogP) is 1.73. The molecule has 1 N–H and O–H groups in total. The summed E-state index contributed by atoms with van der Waals surface area (Å²) < 4.78 is 5.40. The number of nitrogens with zero attached hydrogens (tertiary/aromatic N) is 1. The molecule has 1 rings (SSSR count). The van der Waals surface area contributed by atoms with E-state index in [1.165, 1.54) is 13.0 Å². The van der Waals surface area contributed by atoms with Crippen molar-refractivity contribution in [3.05, 3.63) is 0 Å². The Morgan fingerprint density at radius 2 is 2.12 bits per heavy atom. The van der Waals surface area contributed by atoms with Gasteiger partial charge in [-0.2, -0.15) is 0 Å². The summed E-state index contributed by atoms with van der Waals surface area (Å²) >= 11 is 0. The molecule has 0 spiro atoms. The minimum Gasteiger partial charge on any atom is -0.380 e. The summed E-state index contributed by atoms with van der Waals surface area (Å²) in [4.78, 5) is 2.52. The highest BCUT2D eigenvalue weighted by atomic mass is 16.5. The van der Waals surface area contributed by atoms with Gasteiger partial charge in [-0.15, -0.1) is 0 Å². The van der Waals surface area contributed by atoms with Crippen molar-refractivity contribution >= 4 is 0 Å². The summed E-state index contributed by atoms with van der Waals surface area (Å²) in [5, 5.41) is 3.53. The first-order valence-electron chi connectivity index (χ1n) is 6.41. The van der Waals surface area contributed by atoms with Gasteiger partial charge in [-0.25, -0.2) is 0 Å². The van der Waals surface area contributed by atoms with Crippen LogP contribution in [0.5, 0.6) is 0 Å². The molecule has 1 unspecified atom stereocenters. The van der Waals surface area contributed by atoms with Crippen molar-refractivity contribution in [2.75, 3.05) is 33.3 Å². The third-order valence-electron chi connectivity index (χ3n) is 3.20. The van der Waals surface area contributed by atoms with Crippen LogP contribution in [0.25, 0.3) is 0 Å². The maximum atomic E-state index is 5.40. The molecule has 0 aromatic rings. The molecule has 0 radical (unpaired) electrons. The van der Waals surface area contributed by atoms with Crippen molar-refractivity contribution in [3.63, 3.8) is 0 Å². The van der Waals surface area contributed by atoms with E-state index in [0.717, 1.165) is 19.6 Å². The summed E-state index contributed by atoms with van der Waals surface area (Å²) in [5.41, 5.74) is 0.340. The second-order valence-corrected chi connectivity index (χ2v) is 6.08. The van der Waals surface area contributed by atoms with E-state index in [9.17, 15) is 0 Å². The molecule has 0 aromatic carbocycles. The smallest absolute Gasteiger partial charge is 0.0710 e. The van der Waals surface area contributed by atoms with Crippen LogP contribution in [0.2, 0.25) is 0 Å². The number of ether oxygens (including phenoxy) is 1. The summed E-state index contributed by atoms with van der Waals surface area (Å²) in [7, 11) is 1.82. The number of hydrogen-bond acceptors (Lipinski definition) is 3. The number of hydrogen-bond donors (Lipinski definition) is 1. The van der Waals surface area contributed by atoms with Gasteiger partial charge < -0.3 is 15.0 Å². The zero-order chi connectivity index (χ0) is 12.2. The predicted molar refractivity (Wildman–Crippen MR) is 68.8 cm³/mol. The van der Waals surface area contributed by atoms with Crippen molar-refractivity contribution < 1.29 is 4.74 Å². The monoisotopic (exact) mass is 228 g/mol. The average molecular weight is 228 g/mol. The molecule has 1 aliphatic rings. The summed E-state index contributed by atoms with van der Waals surface area (Å²) in [5.74, 6) is 0. The fourth-order valence-electron chi connectivity index (χ4n) is 2.27. The molecule has 3 nitrogen and oxygen atoms in total. The van der Waals surface area contributed by atoms with Gasteiger partial charge in [0.05, 0.1) is 6.10 Å². The highest BCUT2D eigenvalue weighted by Crippen LogP contribution is 2.20. The summed E-state index contributed by atoms with van der Waals surface area (Å²) in [6, 6.07) is 0.574. The van der Waals surface area contributed by atoms with Crippen LogP contribution in [0.1, 0.15) is 34.1 Å². The Morgan fingerprint density at radius 3 is 2.62 bits per heavy atom. The van der Waals surface area contributed by atoms with Gasteiger partial charge in [-0.1, -0.05) is 27.7 Å². The van der Waals surface area contributed by atoms with Crippen LogP contribution in [0, 0.1) is 5.41 Å². The number of nitrogens with one attached hydrogen (secondary N) is 1. The molecule has 1 aliphatic heterocycles. The third-order valence-corrected chi connectivity index (χ3v) is 3.20. The van der Waals surface area contributed by atoms with Gasteiger partial charge in [0.2, 0.25) is 0 Å². The lowest BCUT2D eigenvalue weighted by molar-refractivity contribution is 0.101. The van der Waals surface area contributed by atoms with Crippen LogP contribution in [0.15, 0.2) is 0 Å². The summed E-state index contributed by atoms with van der Waals surface area (Å²) in [6.45, 7) is 13.6. The average Bonchev–Trinajstić information content (AvgIpc) is 2.62. The SMILES string of the molecule is COC1CCN(CC(C)(C)CNC(C)C)C1. The first kappa shape index (κ1) is 13.9. The van der Waals surface area contributed by atoms with Gasteiger partial charge >= 0.3 is 0 Å². The van der Waals surface area contributed by atoms with E-state index >= 15 is 0 Å². The lowest BCUT2D eigenvalue weighted by Gasteiger charge is -2.31. The first-order chi connectivity index (χ1) is 7.43. The van der Waals surface area contributed by atoms with E-state index < -0.39 is 0 Å². The molecule has 0 amide bonds. The molecule has 16 heavy (non-hydrogen) atoms. The molecule has 1 fully saturated rings. The van der Waals surface area contributed by atoms with Gasteiger partial charge in [0, 0.05) is 39.3 Å². The van der Waals surface area contributed by atoms with Crippen LogP contribution in [0.3, 0.4) is 0 Å². The Labute approximate surface area is 101 Å². The van der Waals surface area contributed by atoms with Gasteiger partial charge in [0.1, 0.15) is 0 Å². The molecular weight excluding hydrogens is 200 g/mol. The van der Waals surface area contributed by atoms with Gasteiger partial charge in [-0.3, -0.25) is 0 Å². The number of rotatable bonds is 6. The second kappa shape index (κ2) is 5.99. The Hall–Kier alpha value is -0.120. The third kappa shape index (κ3) is 4.81. The molecule has 0 saturated carbocycles. The van der Waals surface area contributed by atoms with Crippen molar-refractivity contribution in [3.8, 4) is 0 Å². The minimum absolute atomic E-state index is 0.340. The topological polar surface area (TPSA) is 24.5 Å². The minimum atomic E-state index is 0.340. The molecule has 0 bridgehead atoms. The molecule has 1 heterocycles. The van der Waals surface area contributed by atoms with E-state index in [4.69, 9.17) is 4.74 Å². The van der Waals surface area contributed by atoms with E-state index in [-0.39, 0.29) is 0 Å². The summed E-state index contributed by atoms with van der Waals surface area (Å²) in [6.07, 6.45) is 1.64. The van der Waals surface area contributed by atoms with E-state index in [0.29, 0.717) is 17.6 Å².